The van der Waals surface area contributed by atoms with Crippen molar-refractivity contribution >= 4 is 5.97 Å². The van der Waals surface area contributed by atoms with Crippen molar-refractivity contribution in [3.63, 3.8) is 0 Å². The Balaban J connectivity index is 1.76. The predicted molar refractivity (Wildman–Crippen MR) is 93.9 cm³/mol. The Labute approximate surface area is 140 Å². The van der Waals surface area contributed by atoms with E-state index in [1.807, 2.05) is 0 Å². The zero-order chi connectivity index (χ0) is 16.4. The minimum atomic E-state index is -0.212. The first-order chi connectivity index (χ1) is 11.0. The number of hydrogen-bond acceptors (Lipinski definition) is 2. The van der Waals surface area contributed by atoms with Crippen LogP contribution >= 0.6 is 0 Å². The second kappa shape index (κ2) is 6.51. The number of carbonyl (C=O) groups excluding carboxylic acids is 1. The van der Waals surface area contributed by atoms with Crippen LogP contribution in [0.5, 0.6) is 0 Å². The van der Waals surface area contributed by atoms with E-state index in [4.69, 9.17) is 4.74 Å². The Hall–Kier alpha value is -1.57. The summed E-state index contributed by atoms with van der Waals surface area (Å²) in [6, 6.07) is 0. The highest BCUT2D eigenvalue weighted by Crippen LogP contribution is 2.50. The molecule has 0 amide bonds. The van der Waals surface area contributed by atoms with E-state index in [0.717, 1.165) is 24.8 Å². The highest BCUT2D eigenvalue weighted by Gasteiger charge is 2.39. The second-order valence-electron chi connectivity index (χ2n) is 7.50. The summed E-state index contributed by atoms with van der Waals surface area (Å²) in [6.45, 7) is 8.06. The van der Waals surface area contributed by atoms with Gasteiger partial charge in [-0.2, -0.15) is 0 Å². The lowest BCUT2D eigenvalue weighted by Crippen LogP contribution is -2.27. The number of ether oxygens (including phenoxy) is 1. The van der Waals surface area contributed by atoms with Crippen LogP contribution in [0, 0.1) is 11.3 Å². The molecule has 0 aliphatic heterocycles. The van der Waals surface area contributed by atoms with E-state index < -0.39 is 0 Å². The summed E-state index contributed by atoms with van der Waals surface area (Å²) in [5.74, 6) is 0.463. The van der Waals surface area contributed by atoms with Crippen LogP contribution < -0.4 is 0 Å². The van der Waals surface area contributed by atoms with Crippen molar-refractivity contribution in [2.24, 2.45) is 11.3 Å². The third kappa shape index (κ3) is 3.36. The summed E-state index contributed by atoms with van der Waals surface area (Å²) in [5.41, 5.74) is 4.20. The van der Waals surface area contributed by atoms with E-state index in [9.17, 15) is 4.79 Å². The molecule has 2 nitrogen and oxygen atoms in total. The zero-order valence-electron chi connectivity index (χ0n) is 14.4. The topological polar surface area (TPSA) is 26.3 Å². The minimum Gasteiger partial charge on any atom is -0.458 e. The normalized spacial score (nSPS) is 37.2. The van der Waals surface area contributed by atoms with Gasteiger partial charge in [-0.05, 0) is 67.4 Å². The number of carbonyl (C=O) groups is 1. The SMILES string of the molecule is C=C1/C(=C\C=C2/CCC[C@]3(C)C=CCC23)CCC[C@@H]1OC(C)=O. The van der Waals surface area contributed by atoms with E-state index in [2.05, 4.69) is 37.8 Å². The molecule has 0 aromatic rings. The van der Waals surface area contributed by atoms with Crippen LogP contribution in [0.2, 0.25) is 0 Å². The number of rotatable bonds is 2. The highest BCUT2D eigenvalue weighted by molar-refractivity contribution is 5.66. The Morgan fingerprint density at radius 1 is 1.35 bits per heavy atom. The fourth-order valence-electron chi connectivity index (χ4n) is 4.49. The predicted octanol–water partition coefficient (Wildman–Crippen LogP) is 5.28. The summed E-state index contributed by atoms with van der Waals surface area (Å²) in [4.78, 5) is 11.2. The maximum atomic E-state index is 11.2. The fourth-order valence-corrected chi connectivity index (χ4v) is 4.49. The van der Waals surface area contributed by atoms with Gasteiger partial charge in [0.25, 0.3) is 0 Å². The van der Waals surface area contributed by atoms with Crippen LogP contribution in [0.1, 0.15) is 58.8 Å². The van der Waals surface area contributed by atoms with Crippen LogP contribution in [-0.4, -0.2) is 12.1 Å². The molecule has 3 aliphatic rings. The lowest BCUT2D eigenvalue weighted by molar-refractivity contribution is -0.145. The van der Waals surface area contributed by atoms with Crippen LogP contribution in [0.3, 0.4) is 0 Å². The first kappa shape index (κ1) is 16.3. The number of fused-ring (bicyclic) bond motifs is 1. The molecule has 0 radical (unpaired) electrons. The Morgan fingerprint density at radius 2 is 2.17 bits per heavy atom. The van der Waals surface area contributed by atoms with Crippen LogP contribution in [-0.2, 0) is 9.53 Å². The van der Waals surface area contributed by atoms with Gasteiger partial charge in [-0.3, -0.25) is 4.79 Å². The van der Waals surface area contributed by atoms with Crippen molar-refractivity contribution in [2.75, 3.05) is 0 Å². The average molecular weight is 312 g/mol. The Morgan fingerprint density at radius 3 is 2.96 bits per heavy atom. The molecule has 0 heterocycles. The maximum absolute atomic E-state index is 11.2. The molecule has 23 heavy (non-hydrogen) atoms. The third-order valence-electron chi connectivity index (χ3n) is 5.82. The average Bonchev–Trinajstić information content (AvgIpc) is 2.90. The number of esters is 1. The molecule has 0 N–H and O–H groups in total. The molecule has 2 heteroatoms. The van der Waals surface area contributed by atoms with Crippen molar-refractivity contribution in [3.05, 3.63) is 47.6 Å². The van der Waals surface area contributed by atoms with Crippen molar-refractivity contribution in [3.8, 4) is 0 Å². The van der Waals surface area contributed by atoms with Crippen molar-refractivity contribution in [1.29, 1.82) is 0 Å². The number of allylic oxidation sites excluding steroid dienone is 5. The molecular weight excluding hydrogens is 284 g/mol. The minimum absolute atomic E-state index is 0.129. The summed E-state index contributed by atoms with van der Waals surface area (Å²) in [7, 11) is 0. The van der Waals surface area contributed by atoms with Gasteiger partial charge in [-0.25, -0.2) is 0 Å². The van der Waals surface area contributed by atoms with E-state index in [1.165, 1.54) is 38.2 Å². The Bertz CT molecular complexity index is 593. The van der Waals surface area contributed by atoms with Gasteiger partial charge >= 0.3 is 5.97 Å². The summed E-state index contributed by atoms with van der Waals surface area (Å²) in [6.07, 6.45) is 17.2. The van der Waals surface area contributed by atoms with Crippen molar-refractivity contribution < 1.29 is 9.53 Å². The lowest BCUT2D eigenvalue weighted by Gasteiger charge is -2.37. The molecule has 0 spiro atoms. The van der Waals surface area contributed by atoms with Gasteiger partial charge in [-0.15, -0.1) is 0 Å². The van der Waals surface area contributed by atoms with Gasteiger partial charge in [0.1, 0.15) is 6.10 Å². The fraction of sp³-hybridized carbons (Fsp3) is 0.571. The van der Waals surface area contributed by atoms with E-state index in [1.54, 1.807) is 5.57 Å². The van der Waals surface area contributed by atoms with Crippen molar-refractivity contribution in [2.45, 2.75) is 64.9 Å². The van der Waals surface area contributed by atoms with Crippen molar-refractivity contribution in [1.82, 2.24) is 0 Å². The molecule has 1 unspecified atom stereocenters. The van der Waals surface area contributed by atoms with Gasteiger partial charge in [0, 0.05) is 6.92 Å². The standard InChI is InChI=1S/C21H28O2/c1-15-17(7-4-10-20(15)23-16(2)22)11-12-18-8-5-13-21(3)14-6-9-19(18)21/h6,11-12,14,19-20H,1,4-5,7-10,13H2,2-3H3/b17-11-,18-12+/t19?,20-,21+/m0/s1. The van der Waals surface area contributed by atoms with Crippen LogP contribution in [0.25, 0.3) is 0 Å². The smallest absolute Gasteiger partial charge is 0.303 e. The monoisotopic (exact) mass is 312 g/mol. The molecule has 3 rings (SSSR count). The molecule has 2 saturated carbocycles. The lowest BCUT2D eigenvalue weighted by atomic mass is 9.67. The molecule has 0 bridgehead atoms. The maximum Gasteiger partial charge on any atom is 0.303 e. The molecule has 0 saturated heterocycles. The largest absolute Gasteiger partial charge is 0.458 e. The van der Waals surface area contributed by atoms with Gasteiger partial charge in [0.15, 0.2) is 0 Å². The number of hydrogen-bond donors (Lipinski definition) is 0. The first-order valence-corrected chi connectivity index (χ1v) is 8.93. The van der Waals surface area contributed by atoms with Crippen LogP contribution in [0.15, 0.2) is 47.6 Å². The highest BCUT2D eigenvalue weighted by atomic mass is 16.5. The summed E-state index contributed by atoms with van der Waals surface area (Å²) < 4.78 is 5.40. The first-order valence-electron chi connectivity index (χ1n) is 8.93. The van der Waals surface area contributed by atoms with Gasteiger partial charge in [0.2, 0.25) is 0 Å². The van der Waals surface area contributed by atoms with Crippen LogP contribution in [0.4, 0.5) is 0 Å². The molecule has 3 atom stereocenters. The third-order valence-corrected chi connectivity index (χ3v) is 5.82. The summed E-state index contributed by atoms with van der Waals surface area (Å²) in [5, 5.41) is 0. The molecule has 0 aromatic heterocycles. The van der Waals surface area contributed by atoms with Gasteiger partial charge in [0.05, 0.1) is 0 Å². The van der Waals surface area contributed by atoms with Gasteiger partial charge < -0.3 is 4.74 Å². The van der Waals surface area contributed by atoms with E-state index >= 15 is 0 Å². The Kier molecular flexibility index (Phi) is 4.61. The molecule has 2 fully saturated rings. The zero-order valence-corrected chi connectivity index (χ0v) is 14.4. The van der Waals surface area contributed by atoms with Gasteiger partial charge in [-0.1, -0.05) is 43.4 Å². The molecule has 3 aliphatic carbocycles. The molecule has 0 aromatic carbocycles. The molecular formula is C21H28O2. The van der Waals surface area contributed by atoms with E-state index in [-0.39, 0.29) is 12.1 Å². The summed E-state index contributed by atoms with van der Waals surface area (Å²) >= 11 is 0. The molecule has 124 valence electrons. The quantitative estimate of drug-likeness (QED) is 0.512. The second-order valence-corrected chi connectivity index (χ2v) is 7.50. The van der Waals surface area contributed by atoms with E-state index in [0.29, 0.717) is 11.3 Å².